The van der Waals surface area contributed by atoms with Gasteiger partial charge in [0.1, 0.15) is 5.54 Å². The van der Waals surface area contributed by atoms with Gasteiger partial charge < -0.3 is 16.4 Å². The molecule has 118 valence electrons. The molecule has 0 radical (unpaired) electrons. The summed E-state index contributed by atoms with van der Waals surface area (Å²) in [5.74, 6) is -0.710. The SMILES string of the molecule is CC(C)C(N)C(=O)Nc1cccc(C2(C)NC(=O)NC2=O)c1. The summed E-state index contributed by atoms with van der Waals surface area (Å²) in [6.07, 6.45) is 0. The Balaban J connectivity index is 2.22. The molecule has 2 unspecified atom stereocenters. The maximum atomic E-state index is 12.0. The number of nitrogens with two attached hydrogens (primary N) is 1. The molecule has 2 rings (SSSR count). The summed E-state index contributed by atoms with van der Waals surface area (Å²) in [7, 11) is 0. The third-order valence-electron chi connectivity index (χ3n) is 3.77. The van der Waals surface area contributed by atoms with Gasteiger partial charge >= 0.3 is 6.03 Å². The molecule has 1 fully saturated rings. The zero-order valence-electron chi connectivity index (χ0n) is 12.8. The van der Waals surface area contributed by atoms with Crippen LogP contribution < -0.4 is 21.7 Å². The zero-order valence-corrected chi connectivity index (χ0v) is 12.8. The number of urea groups is 1. The van der Waals surface area contributed by atoms with E-state index in [9.17, 15) is 14.4 Å². The van der Waals surface area contributed by atoms with Crippen molar-refractivity contribution in [2.75, 3.05) is 5.32 Å². The molecule has 1 aromatic carbocycles. The van der Waals surface area contributed by atoms with Crippen molar-refractivity contribution >= 4 is 23.5 Å². The van der Waals surface area contributed by atoms with E-state index in [1.807, 2.05) is 13.8 Å². The monoisotopic (exact) mass is 304 g/mol. The van der Waals surface area contributed by atoms with Crippen molar-refractivity contribution in [3.05, 3.63) is 29.8 Å². The van der Waals surface area contributed by atoms with Crippen LogP contribution in [0.5, 0.6) is 0 Å². The van der Waals surface area contributed by atoms with Crippen LogP contribution in [-0.2, 0) is 15.1 Å². The van der Waals surface area contributed by atoms with Gasteiger partial charge in [0.25, 0.3) is 5.91 Å². The summed E-state index contributed by atoms with van der Waals surface area (Å²) in [6.45, 7) is 5.33. The fourth-order valence-corrected chi connectivity index (χ4v) is 2.18. The topological polar surface area (TPSA) is 113 Å². The van der Waals surface area contributed by atoms with E-state index in [0.29, 0.717) is 11.3 Å². The molecule has 1 aromatic rings. The molecule has 2 atom stereocenters. The lowest BCUT2D eigenvalue weighted by molar-refractivity contribution is -0.123. The highest BCUT2D eigenvalue weighted by Crippen LogP contribution is 2.26. The normalized spacial score (nSPS) is 22.2. The van der Waals surface area contributed by atoms with Gasteiger partial charge in [0.05, 0.1) is 6.04 Å². The number of amides is 4. The Morgan fingerprint density at radius 3 is 2.55 bits per heavy atom. The van der Waals surface area contributed by atoms with Crippen molar-refractivity contribution < 1.29 is 14.4 Å². The fraction of sp³-hybridized carbons (Fsp3) is 0.400. The van der Waals surface area contributed by atoms with Gasteiger partial charge in [-0.05, 0) is 30.5 Å². The summed E-state index contributed by atoms with van der Waals surface area (Å²) in [5.41, 5.74) is 5.74. The highest BCUT2D eigenvalue weighted by molar-refractivity contribution is 6.07. The molecule has 0 bridgehead atoms. The Morgan fingerprint density at radius 2 is 2.00 bits per heavy atom. The minimum Gasteiger partial charge on any atom is -0.325 e. The first-order valence-electron chi connectivity index (χ1n) is 7.04. The lowest BCUT2D eigenvalue weighted by atomic mass is 9.92. The third-order valence-corrected chi connectivity index (χ3v) is 3.77. The number of anilines is 1. The molecule has 4 amide bonds. The van der Waals surface area contributed by atoms with Gasteiger partial charge in [0.2, 0.25) is 5.91 Å². The van der Waals surface area contributed by atoms with Crippen LogP contribution in [0.2, 0.25) is 0 Å². The molecule has 1 aliphatic rings. The van der Waals surface area contributed by atoms with Crippen LogP contribution in [0.4, 0.5) is 10.5 Å². The quantitative estimate of drug-likeness (QED) is 0.612. The van der Waals surface area contributed by atoms with Crippen LogP contribution in [0.1, 0.15) is 26.3 Å². The average Bonchev–Trinajstić information content (AvgIpc) is 2.72. The van der Waals surface area contributed by atoms with E-state index in [0.717, 1.165) is 0 Å². The van der Waals surface area contributed by atoms with Crippen LogP contribution >= 0.6 is 0 Å². The van der Waals surface area contributed by atoms with Crippen molar-refractivity contribution in [3.63, 3.8) is 0 Å². The first-order valence-corrected chi connectivity index (χ1v) is 7.04. The summed E-state index contributed by atoms with van der Waals surface area (Å²) in [5, 5.41) is 7.51. The predicted octanol–water partition coefficient (Wildman–Crippen LogP) is 0.663. The van der Waals surface area contributed by atoms with E-state index in [4.69, 9.17) is 5.73 Å². The summed E-state index contributed by atoms with van der Waals surface area (Å²) < 4.78 is 0. The third kappa shape index (κ3) is 2.94. The number of carbonyl (C=O) groups excluding carboxylic acids is 3. The Kier molecular flexibility index (Phi) is 4.18. The molecular weight excluding hydrogens is 284 g/mol. The van der Waals surface area contributed by atoms with Gasteiger partial charge in [-0.25, -0.2) is 4.79 Å². The highest BCUT2D eigenvalue weighted by atomic mass is 16.2. The standard InChI is InChI=1S/C15H20N4O3/c1-8(2)11(16)12(20)17-10-6-4-5-9(7-10)15(3)13(21)18-14(22)19-15/h4-8,11H,16H2,1-3H3,(H,17,20)(H2,18,19,21,22). The van der Waals surface area contributed by atoms with Crippen molar-refractivity contribution in [2.45, 2.75) is 32.4 Å². The highest BCUT2D eigenvalue weighted by Gasteiger charge is 2.43. The van der Waals surface area contributed by atoms with E-state index in [1.165, 1.54) is 0 Å². The van der Waals surface area contributed by atoms with E-state index < -0.39 is 23.5 Å². The van der Waals surface area contributed by atoms with Crippen LogP contribution in [0.15, 0.2) is 24.3 Å². The zero-order chi connectivity index (χ0) is 16.5. The van der Waals surface area contributed by atoms with Gasteiger partial charge in [0, 0.05) is 5.69 Å². The van der Waals surface area contributed by atoms with Crippen molar-refractivity contribution in [2.24, 2.45) is 11.7 Å². The minimum absolute atomic E-state index is 0.0144. The predicted molar refractivity (Wildman–Crippen MR) is 81.9 cm³/mol. The number of imide groups is 1. The van der Waals surface area contributed by atoms with Crippen LogP contribution in [0, 0.1) is 5.92 Å². The molecule has 7 nitrogen and oxygen atoms in total. The van der Waals surface area contributed by atoms with Crippen molar-refractivity contribution in [1.29, 1.82) is 0 Å². The number of nitrogens with one attached hydrogen (secondary N) is 3. The van der Waals surface area contributed by atoms with E-state index in [2.05, 4.69) is 16.0 Å². The van der Waals surface area contributed by atoms with Crippen molar-refractivity contribution in [1.82, 2.24) is 10.6 Å². The second-order valence-corrected chi connectivity index (χ2v) is 5.87. The second-order valence-electron chi connectivity index (χ2n) is 5.87. The van der Waals surface area contributed by atoms with Crippen LogP contribution in [0.25, 0.3) is 0 Å². The van der Waals surface area contributed by atoms with Crippen LogP contribution in [0.3, 0.4) is 0 Å². The van der Waals surface area contributed by atoms with E-state index >= 15 is 0 Å². The van der Waals surface area contributed by atoms with E-state index in [-0.39, 0.29) is 11.8 Å². The largest absolute Gasteiger partial charge is 0.325 e. The molecule has 7 heteroatoms. The molecule has 5 N–H and O–H groups in total. The Labute approximate surface area is 128 Å². The van der Waals surface area contributed by atoms with Gasteiger partial charge in [0.15, 0.2) is 0 Å². The average molecular weight is 304 g/mol. The van der Waals surface area contributed by atoms with Gasteiger partial charge in [-0.1, -0.05) is 26.0 Å². The van der Waals surface area contributed by atoms with Crippen molar-refractivity contribution in [3.8, 4) is 0 Å². The molecule has 0 aromatic heterocycles. The summed E-state index contributed by atoms with van der Waals surface area (Å²) in [6, 6.07) is 5.61. The smallest absolute Gasteiger partial charge is 0.322 e. The number of carbonyl (C=O) groups is 3. The molecule has 0 aliphatic carbocycles. The number of hydrogen-bond acceptors (Lipinski definition) is 4. The van der Waals surface area contributed by atoms with Gasteiger partial charge in [-0.15, -0.1) is 0 Å². The minimum atomic E-state index is -1.15. The lowest BCUT2D eigenvalue weighted by Crippen LogP contribution is -2.41. The maximum Gasteiger partial charge on any atom is 0.322 e. The molecule has 1 heterocycles. The molecule has 1 aliphatic heterocycles. The second kappa shape index (κ2) is 5.76. The Bertz CT molecular complexity index is 629. The molecular formula is C15H20N4O3. The first kappa shape index (κ1) is 16.0. The molecule has 1 saturated heterocycles. The van der Waals surface area contributed by atoms with Crippen LogP contribution in [-0.4, -0.2) is 23.9 Å². The number of hydrogen-bond donors (Lipinski definition) is 4. The Morgan fingerprint density at radius 1 is 1.32 bits per heavy atom. The molecule has 22 heavy (non-hydrogen) atoms. The Hall–Kier alpha value is -2.41. The van der Waals surface area contributed by atoms with E-state index in [1.54, 1.807) is 31.2 Å². The fourth-order valence-electron chi connectivity index (χ4n) is 2.18. The summed E-state index contributed by atoms with van der Waals surface area (Å²) in [4.78, 5) is 35.3. The number of rotatable bonds is 4. The number of benzene rings is 1. The summed E-state index contributed by atoms with van der Waals surface area (Å²) >= 11 is 0. The lowest BCUT2D eigenvalue weighted by Gasteiger charge is -2.22. The van der Waals surface area contributed by atoms with Gasteiger partial charge in [-0.2, -0.15) is 0 Å². The molecule has 0 spiro atoms. The maximum absolute atomic E-state index is 12.0. The first-order chi connectivity index (χ1) is 10.2. The molecule has 0 saturated carbocycles. The van der Waals surface area contributed by atoms with Gasteiger partial charge in [-0.3, -0.25) is 14.9 Å².